The predicted molar refractivity (Wildman–Crippen MR) is 72.6 cm³/mol. The minimum atomic E-state index is 0.227. The van der Waals surface area contributed by atoms with Crippen LogP contribution in [0.3, 0.4) is 0 Å². The molecule has 4 nitrogen and oxygen atoms in total. The van der Waals surface area contributed by atoms with Crippen molar-refractivity contribution < 1.29 is 0 Å². The lowest BCUT2D eigenvalue weighted by Gasteiger charge is -2.14. The van der Waals surface area contributed by atoms with E-state index in [0.717, 1.165) is 6.42 Å². The molecule has 0 spiro atoms. The molecule has 0 bridgehead atoms. The Morgan fingerprint density at radius 2 is 2.39 bits per heavy atom. The van der Waals surface area contributed by atoms with Crippen LogP contribution in [0.1, 0.15) is 23.2 Å². The Morgan fingerprint density at radius 3 is 3.06 bits per heavy atom. The minimum absolute atomic E-state index is 0.227. The quantitative estimate of drug-likeness (QED) is 0.916. The number of aromatic nitrogens is 2. The first-order valence-electron chi connectivity index (χ1n) is 5.71. The molecule has 0 amide bonds. The Kier molecular flexibility index (Phi) is 3.90. The summed E-state index contributed by atoms with van der Waals surface area (Å²) < 4.78 is 0. The van der Waals surface area contributed by atoms with Gasteiger partial charge in [0.1, 0.15) is 23.3 Å². The summed E-state index contributed by atoms with van der Waals surface area (Å²) in [7, 11) is 0. The molecule has 1 unspecified atom stereocenters. The Labute approximate surface area is 110 Å². The molecule has 92 valence electrons. The normalized spacial score (nSPS) is 11.8. The van der Waals surface area contributed by atoms with Crippen molar-refractivity contribution in [2.24, 2.45) is 0 Å². The second-order valence-electron chi connectivity index (χ2n) is 4.12. The maximum Gasteiger partial charge on any atom is 0.147 e. The molecule has 1 atom stereocenters. The zero-order valence-corrected chi connectivity index (χ0v) is 11.2. The molecule has 1 N–H and O–H groups in total. The lowest BCUT2D eigenvalue weighted by molar-refractivity contribution is 0.790. The third-order valence-corrected chi connectivity index (χ3v) is 3.40. The van der Waals surface area contributed by atoms with Crippen molar-refractivity contribution in [1.29, 1.82) is 5.26 Å². The van der Waals surface area contributed by atoms with Crippen molar-refractivity contribution in [2.75, 3.05) is 5.32 Å². The number of nitrogens with one attached hydrogen (secondary N) is 1. The molecule has 2 heterocycles. The lowest BCUT2D eigenvalue weighted by atomic mass is 10.2. The van der Waals surface area contributed by atoms with Crippen LogP contribution >= 0.6 is 11.3 Å². The van der Waals surface area contributed by atoms with Crippen LogP contribution < -0.4 is 5.32 Å². The lowest BCUT2D eigenvalue weighted by Crippen LogP contribution is -2.19. The molecule has 0 fully saturated rings. The fraction of sp³-hybridized carbons (Fsp3) is 0.308. The van der Waals surface area contributed by atoms with E-state index in [1.165, 1.54) is 4.88 Å². The molecular formula is C13H14N4S. The van der Waals surface area contributed by atoms with Crippen LogP contribution in [0.2, 0.25) is 0 Å². The zero-order chi connectivity index (χ0) is 13.0. The molecule has 0 aliphatic heterocycles. The summed E-state index contributed by atoms with van der Waals surface area (Å²) in [5.74, 6) is 1.29. The van der Waals surface area contributed by atoms with E-state index < -0.39 is 0 Å². The first kappa shape index (κ1) is 12.5. The van der Waals surface area contributed by atoms with Gasteiger partial charge >= 0.3 is 0 Å². The van der Waals surface area contributed by atoms with E-state index in [9.17, 15) is 0 Å². The highest BCUT2D eigenvalue weighted by molar-refractivity contribution is 7.09. The SMILES string of the molecule is Cc1ncc(C#N)c(NC(C)Cc2cccs2)n1. The number of anilines is 1. The standard InChI is InChI=1S/C13H14N4S/c1-9(6-12-4-3-5-18-12)16-13-11(7-14)8-15-10(2)17-13/h3-5,8-9H,6H2,1-2H3,(H,15,16,17). The van der Waals surface area contributed by atoms with Crippen LogP contribution in [0.4, 0.5) is 5.82 Å². The molecule has 2 rings (SSSR count). The maximum atomic E-state index is 9.01. The molecule has 2 aromatic heterocycles. The van der Waals surface area contributed by atoms with Gasteiger partial charge in [0.05, 0.1) is 6.20 Å². The first-order valence-corrected chi connectivity index (χ1v) is 6.59. The van der Waals surface area contributed by atoms with Crippen molar-refractivity contribution in [3.8, 4) is 6.07 Å². The summed E-state index contributed by atoms with van der Waals surface area (Å²) in [4.78, 5) is 9.61. The van der Waals surface area contributed by atoms with E-state index >= 15 is 0 Å². The summed E-state index contributed by atoms with van der Waals surface area (Å²) in [6, 6.07) is 6.48. The third kappa shape index (κ3) is 3.05. The summed E-state index contributed by atoms with van der Waals surface area (Å²) in [5, 5.41) is 14.4. The van der Waals surface area contributed by atoms with E-state index in [0.29, 0.717) is 17.2 Å². The zero-order valence-electron chi connectivity index (χ0n) is 10.3. The number of thiophene rings is 1. The van der Waals surface area contributed by atoms with E-state index in [4.69, 9.17) is 5.26 Å². The Hall–Kier alpha value is -1.93. The molecule has 18 heavy (non-hydrogen) atoms. The van der Waals surface area contributed by atoms with Gasteiger partial charge in [-0.05, 0) is 25.3 Å². The van der Waals surface area contributed by atoms with Crippen LogP contribution in [0, 0.1) is 18.3 Å². The van der Waals surface area contributed by atoms with E-state index in [1.807, 2.05) is 13.0 Å². The van der Waals surface area contributed by atoms with Crippen LogP contribution in [0.15, 0.2) is 23.7 Å². The summed E-state index contributed by atoms with van der Waals surface area (Å²) >= 11 is 1.74. The van der Waals surface area contributed by atoms with Gasteiger partial charge in [0, 0.05) is 17.3 Å². The van der Waals surface area contributed by atoms with E-state index in [2.05, 4.69) is 39.7 Å². The molecule has 0 saturated carbocycles. The Balaban J connectivity index is 2.09. The molecule has 2 aromatic rings. The van der Waals surface area contributed by atoms with Crippen molar-refractivity contribution >= 4 is 17.2 Å². The molecular weight excluding hydrogens is 244 g/mol. The number of aryl methyl sites for hydroxylation is 1. The fourth-order valence-electron chi connectivity index (χ4n) is 1.68. The highest BCUT2D eigenvalue weighted by atomic mass is 32.1. The van der Waals surface area contributed by atoms with Crippen LogP contribution in [-0.4, -0.2) is 16.0 Å². The van der Waals surface area contributed by atoms with Gasteiger partial charge in [-0.15, -0.1) is 11.3 Å². The van der Waals surface area contributed by atoms with Crippen LogP contribution in [0.25, 0.3) is 0 Å². The number of nitriles is 1. The molecule has 0 radical (unpaired) electrons. The number of rotatable bonds is 4. The monoisotopic (exact) mass is 258 g/mol. The van der Waals surface area contributed by atoms with Crippen molar-refractivity contribution in [1.82, 2.24) is 9.97 Å². The second-order valence-corrected chi connectivity index (χ2v) is 5.15. The second kappa shape index (κ2) is 5.61. The maximum absolute atomic E-state index is 9.01. The number of hydrogen-bond donors (Lipinski definition) is 1. The highest BCUT2D eigenvalue weighted by Crippen LogP contribution is 2.15. The van der Waals surface area contributed by atoms with Gasteiger partial charge in [-0.3, -0.25) is 0 Å². The van der Waals surface area contributed by atoms with Gasteiger partial charge in [-0.25, -0.2) is 9.97 Å². The Bertz CT molecular complexity index is 557. The van der Waals surface area contributed by atoms with Gasteiger partial charge < -0.3 is 5.32 Å². The topological polar surface area (TPSA) is 61.6 Å². The largest absolute Gasteiger partial charge is 0.366 e. The van der Waals surface area contributed by atoms with Crippen LogP contribution in [-0.2, 0) is 6.42 Å². The highest BCUT2D eigenvalue weighted by Gasteiger charge is 2.09. The summed E-state index contributed by atoms with van der Waals surface area (Å²) in [5.41, 5.74) is 0.485. The van der Waals surface area contributed by atoms with Gasteiger partial charge in [-0.1, -0.05) is 6.07 Å². The number of nitrogens with zero attached hydrogens (tertiary/aromatic N) is 3. The fourth-order valence-corrected chi connectivity index (χ4v) is 2.51. The Morgan fingerprint density at radius 1 is 1.56 bits per heavy atom. The number of hydrogen-bond acceptors (Lipinski definition) is 5. The summed E-state index contributed by atoms with van der Waals surface area (Å²) in [6.45, 7) is 3.90. The minimum Gasteiger partial charge on any atom is -0.366 e. The molecule has 5 heteroatoms. The van der Waals surface area contributed by atoms with Gasteiger partial charge in [0.25, 0.3) is 0 Å². The van der Waals surface area contributed by atoms with Crippen molar-refractivity contribution in [2.45, 2.75) is 26.3 Å². The van der Waals surface area contributed by atoms with Crippen molar-refractivity contribution in [3.63, 3.8) is 0 Å². The average Bonchev–Trinajstić information content (AvgIpc) is 2.82. The van der Waals surface area contributed by atoms with E-state index in [1.54, 1.807) is 17.5 Å². The average molecular weight is 258 g/mol. The first-order chi connectivity index (χ1) is 8.69. The van der Waals surface area contributed by atoms with Crippen molar-refractivity contribution in [3.05, 3.63) is 40.0 Å². The molecule has 0 aliphatic rings. The predicted octanol–water partition coefficient (Wildman–Crippen LogP) is 2.76. The van der Waals surface area contributed by atoms with Crippen LogP contribution in [0.5, 0.6) is 0 Å². The van der Waals surface area contributed by atoms with Gasteiger partial charge in [0.15, 0.2) is 0 Å². The van der Waals surface area contributed by atoms with Gasteiger partial charge in [0.2, 0.25) is 0 Å². The smallest absolute Gasteiger partial charge is 0.147 e. The molecule has 0 saturated heterocycles. The molecule has 0 aliphatic carbocycles. The van der Waals surface area contributed by atoms with E-state index in [-0.39, 0.29) is 6.04 Å². The van der Waals surface area contributed by atoms with Gasteiger partial charge in [-0.2, -0.15) is 5.26 Å². The third-order valence-electron chi connectivity index (χ3n) is 2.50. The summed E-state index contributed by atoms with van der Waals surface area (Å²) in [6.07, 6.45) is 2.48. The molecule has 0 aromatic carbocycles.